The molecule has 1 amide bonds. The van der Waals surface area contributed by atoms with E-state index in [0.29, 0.717) is 32.8 Å². The number of nitrogens with one attached hydrogen (secondary N) is 1. The van der Waals surface area contributed by atoms with Crippen molar-refractivity contribution in [2.45, 2.75) is 39.7 Å². The molecule has 1 aromatic rings. The first kappa shape index (κ1) is 18.5. The monoisotopic (exact) mass is 309 g/mol. The number of amides is 1. The summed E-state index contributed by atoms with van der Waals surface area (Å²) in [6, 6.07) is 7.28. The maximum Gasteiger partial charge on any atom is 0.256 e. The zero-order valence-corrected chi connectivity index (χ0v) is 14.0. The van der Waals surface area contributed by atoms with Crippen LogP contribution < -0.4 is 10.1 Å². The lowest BCUT2D eigenvalue weighted by Gasteiger charge is -2.26. The third-order valence-corrected chi connectivity index (χ3v) is 3.43. The maximum atomic E-state index is 12.3. The molecule has 0 radical (unpaired) electrons. The van der Waals surface area contributed by atoms with Crippen LogP contribution in [-0.2, 0) is 14.3 Å². The van der Waals surface area contributed by atoms with E-state index in [9.17, 15) is 4.79 Å². The van der Waals surface area contributed by atoms with Gasteiger partial charge in [-0.05, 0) is 51.5 Å². The predicted octanol–water partition coefficient (Wildman–Crippen LogP) is 3.25. The van der Waals surface area contributed by atoms with Gasteiger partial charge in [-0.2, -0.15) is 0 Å². The van der Waals surface area contributed by atoms with Crippen LogP contribution in [0.5, 0.6) is 5.75 Å². The van der Waals surface area contributed by atoms with Gasteiger partial charge in [-0.3, -0.25) is 4.79 Å². The molecule has 0 fully saturated rings. The highest BCUT2D eigenvalue weighted by Crippen LogP contribution is 2.20. The summed E-state index contributed by atoms with van der Waals surface area (Å²) in [4.78, 5) is 12.3. The topological polar surface area (TPSA) is 56.8 Å². The van der Waals surface area contributed by atoms with Crippen molar-refractivity contribution in [1.82, 2.24) is 0 Å². The molecule has 0 saturated carbocycles. The molecule has 1 N–H and O–H groups in total. The second-order valence-electron chi connectivity index (χ2n) is 5.04. The Morgan fingerprint density at radius 2 is 1.77 bits per heavy atom. The number of rotatable bonds is 10. The predicted molar refractivity (Wildman–Crippen MR) is 87.4 cm³/mol. The summed E-state index contributed by atoms with van der Waals surface area (Å²) in [6.45, 7) is 9.84. The van der Waals surface area contributed by atoms with E-state index in [4.69, 9.17) is 14.2 Å². The van der Waals surface area contributed by atoms with Crippen molar-refractivity contribution >= 4 is 11.6 Å². The van der Waals surface area contributed by atoms with Gasteiger partial charge in [0.05, 0.1) is 6.61 Å². The third kappa shape index (κ3) is 5.66. The van der Waals surface area contributed by atoms with Crippen LogP contribution in [0.15, 0.2) is 24.3 Å². The van der Waals surface area contributed by atoms with Crippen LogP contribution in [0.2, 0.25) is 0 Å². The first-order valence-corrected chi connectivity index (χ1v) is 7.81. The van der Waals surface area contributed by atoms with E-state index in [1.807, 2.05) is 45.0 Å². The van der Waals surface area contributed by atoms with Crippen molar-refractivity contribution in [3.8, 4) is 5.75 Å². The van der Waals surface area contributed by atoms with Gasteiger partial charge >= 0.3 is 0 Å². The van der Waals surface area contributed by atoms with Gasteiger partial charge in [0.1, 0.15) is 18.0 Å². The molecule has 1 rings (SSSR count). The second-order valence-corrected chi connectivity index (χ2v) is 5.04. The summed E-state index contributed by atoms with van der Waals surface area (Å²) < 4.78 is 16.3. The van der Waals surface area contributed by atoms with Gasteiger partial charge in [0.25, 0.3) is 5.91 Å². The molecule has 124 valence electrons. The van der Waals surface area contributed by atoms with Crippen LogP contribution in [0.4, 0.5) is 5.69 Å². The van der Waals surface area contributed by atoms with Crippen LogP contribution >= 0.6 is 0 Å². The quantitative estimate of drug-likeness (QED) is 0.674. The molecule has 5 nitrogen and oxygen atoms in total. The Hall–Kier alpha value is -1.59. The normalized spacial score (nSPS) is 13.5. The van der Waals surface area contributed by atoms with Gasteiger partial charge in [-0.25, -0.2) is 0 Å². The molecule has 0 aliphatic heterocycles. The van der Waals surface area contributed by atoms with E-state index in [-0.39, 0.29) is 5.91 Å². The fraction of sp³-hybridized carbons (Fsp3) is 0.588. The number of hydrogen-bond donors (Lipinski definition) is 1. The van der Waals surface area contributed by atoms with Gasteiger partial charge < -0.3 is 19.5 Å². The number of benzene rings is 1. The van der Waals surface area contributed by atoms with Crippen LogP contribution in [0, 0.1) is 0 Å². The van der Waals surface area contributed by atoms with Crippen LogP contribution in [-0.4, -0.2) is 37.9 Å². The summed E-state index contributed by atoms with van der Waals surface area (Å²) in [5.41, 5.74) is -0.0805. The number of carbonyl (C=O) groups is 1. The van der Waals surface area contributed by atoms with Gasteiger partial charge in [-0.1, -0.05) is 6.92 Å². The number of ether oxygens (including phenoxy) is 3. The molecular formula is C17H27NO4. The van der Waals surface area contributed by atoms with Gasteiger partial charge in [0.15, 0.2) is 0 Å². The number of carbonyl (C=O) groups excluding carboxylic acids is 1. The van der Waals surface area contributed by atoms with E-state index in [1.54, 1.807) is 6.92 Å². The lowest BCUT2D eigenvalue weighted by Crippen LogP contribution is -2.42. The van der Waals surface area contributed by atoms with E-state index >= 15 is 0 Å². The molecule has 0 unspecified atom stereocenters. The first-order valence-electron chi connectivity index (χ1n) is 7.81. The summed E-state index contributed by atoms with van der Waals surface area (Å²) in [7, 11) is 0. The van der Waals surface area contributed by atoms with Crippen molar-refractivity contribution in [3.05, 3.63) is 24.3 Å². The van der Waals surface area contributed by atoms with E-state index in [1.165, 1.54) is 0 Å². The molecule has 0 aliphatic rings. The van der Waals surface area contributed by atoms with Gasteiger partial charge in [0, 0.05) is 18.9 Å². The van der Waals surface area contributed by atoms with Crippen molar-refractivity contribution in [1.29, 1.82) is 0 Å². The highest BCUT2D eigenvalue weighted by Gasteiger charge is 2.31. The fourth-order valence-electron chi connectivity index (χ4n) is 1.91. The third-order valence-electron chi connectivity index (χ3n) is 3.43. The number of hydrogen-bond acceptors (Lipinski definition) is 4. The van der Waals surface area contributed by atoms with Crippen LogP contribution in [0.3, 0.4) is 0 Å². The van der Waals surface area contributed by atoms with Gasteiger partial charge in [0.2, 0.25) is 0 Å². The minimum absolute atomic E-state index is 0.137. The lowest BCUT2D eigenvalue weighted by molar-refractivity contribution is -0.139. The molecule has 0 heterocycles. The minimum atomic E-state index is -0.804. The fourth-order valence-corrected chi connectivity index (χ4v) is 1.91. The largest absolute Gasteiger partial charge is 0.491 e. The molecule has 0 saturated heterocycles. The standard InChI is InChI=1S/C17H27NO4/c1-5-17(4,22-7-3)16(19)18-14-8-10-15(11-9-14)21-13-12-20-6-2/h8-11H,5-7,12-13H2,1-4H3,(H,18,19)/t17-/m0/s1. The summed E-state index contributed by atoms with van der Waals surface area (Å²) >= 11 is 0. The molecule has 1 aromatic carbocycles. The molecule has 0 spiro atoms. The molecule has 5 heteroatoms. The number of anilines is 1. The smallest absolute Gasteiger partial charge is 0.256 e. The summed E-state index contributed by atoms with van der Waals surface area (Å²) in [5, 5.41) is 2.88. The Kier molecular flexibility index (Phi) is 7.91. The Labute approximate surface area is 132 Å². The molecule has 0 aromatic heterocycles. The van der Waals surface area contributed by atoms with Gasteiger partial charge in [-0.15, -0.1) is 0 Å². The van der Waals surface area contributed by atoms with Crippen molar-refractivity contribution in [3.63, 3.8) is 0 Å². The Morgan fingerprint density at radius 1 is 1.09 bits per heavy atom. The molecule has 0 bridgehead atoms. The highest BCUT2D eigenvalue weighted by molar-refractivity contribution is 5.97. The lowest BCUT2D eigenvalue weighted by atomic mass is 10.0. The minimum Gasteiger partial charge on any atom is -0.491 e. The van der Waals surface area contributed by atoms with Crippen molar-refractivity contribution in [2.24, 2.45) is 0 Å². The van der Waals surface area contributed by atoms with E-state index < -0.39 is 5.60 Å². The van der Waals surface area contributed by atoms with E-state index in [2.05, 4.69) is 5.32 Å². The first-order chi connectivity index (χ1) is 10.6. The van der Waals surface area contributed by atoms with Crippen LogP contribution in [0.1, 0.15) is 34.1 Å². The Bertz CT molecular complexity index is 446. The molecule has 0 aliphatic carbocycles. The Morgan fingerprint density at radius 3 is 2.32 bits per heavy atom. The average Bonchev–Trinajstić information content (AvgIpc) is 2.53. The maximum absolute atomic E-state index is 12.3. The summed E-state index contributed by atoms with van der Waals surface area (Å²) in [6.07, 6.45) is 0.616. The molecular weight excluding hydrogens is 282 g/mol. The van der Waals surface area contributed by atoms with Crippen LogP contribution in [0.25, 0.3) is 0 Å². The van der Waals surface area contributed by atoms with E-state index in [0.717, 1.165) is 11.4 Å². The molecule has 22 heavy (non-hydrogen) atoms. The zero-order chi connectivity index (χ0) is 16.4. The summed E-state index contributed by atoms with van der Waals surface area (Å²) in [5.74, 6) is 0.614. The highest BCUT2D eigenvalue weighted by atomic mass is 16.5. The zero-order valence-electron chi connectivity index (χ0n) is 14.0. The van der Waals surface area contributed by atoms with Crippen molar-refractivity contribution in [2.75, 3.05) is 31.7 Å². The second kappa shape index (κ2) is 9.43. The SMILES string of the molecule is CCOCCOc1ccc(NC(=O)[C@](C)(CC)OCC)cc1. The Balaban J connectivity index is 2.54. The average molecular weight is 309 g/mol. The van der Waals surface area contributed by atoms with Crippen molar-refractivity contribution < 1.29 is 19.0 Å². The molecule has 1 atom stereocenters.